The lowest BCUT2D eigenvalue weighted by Crippen LogP contribution is -2.49. The number of piperazine rings is 1. The molecule has 0 saturated carbocycles. The smallest absolute Gasteiger partial charge is 0.223 e. The van der Waals surface area contributed by atoms with E-state index in [0.29, 0.717) is 31.1 Å². The fraction of sp³-hybridized carbons (Fsp3) is 0.350. The Bertz CT molecular complexity index is 822. The summed E-state index contributed by atoms with van der Waals surface area (Å²) in [6, 6.07) is 13.5. The molecule has 1 amide bonds. The van der Waals surface area contributed by atoms with Crippen LogP contribution in [0.2, 0.25) is 0 Å². The number of rotatable bonds is 6. The number of nitrogens with zero attached hydrogens (tertiary/aromatic N) is 3. The van der Waals surface area contributed by atoms with Gasteiger partial charge in [0.1, 0.15) is 6.04 Å². The van der Waals surface area contributed by atoms with E-state index in [1.54, 1.807) is 11.0 Å². The van der Waals surface area contributed by atoms with Gasteiger partial charge in [-0.3, -0.25) is 14.5 Å². The molecule has 0 N–H and O–H groups in total. The monoisotopic (exact) mass is 445 g/mol. The molecule has 5 nitrogen and oxygen atoms in total. The molecule has 0 bridgehead atoms. The largest absolute Gasteiger partial charge is 0.340 e. The number of nitriles is 1. The van der Waals surface area contributed by atoms with Gasteiger partial charge in [0, 0.05) is 43.5 Å². The zero-order chi connectivity index (χ0) is 19.2. The normalized spacial score (nSPS) is 15.9. The van der Waals surface area contributed by atoms with Crippen LogP contribution in [0.25, 0.3) is 0 Å². The molecule has 1 aliphatic rings. The van der Waals surface area contributed by atoms with Crippen LogP contribution >= 0.6 is 27.3 Å². The maximum Gasteiger partial charge on any atom is 0.223 e. The minimum Gasteiger partial charge on any atom is -0.340 e. The number of hydrogen-bond acceptors (Lipinski definition) is 5. The van der Waals surface area contributed by atoms with Gasteiger partial charge in [-0.2, -0.15) is 5.26 Å². The van der Waals surface area contributed by atoms with Gasteiger partial charge >= 0.3 is 0 Å². The number of amides is 1. The van der Waals surface area contributed by atoms with Gasteiger partial charge in [-0.25, -0.2) is 0 Å². The third-order valence-electron chi connectivity index (χ3n) is 4.70. The number of Topliss-reactive ketones (excluding diaryl/α,β-unsaturated/α-hetero) is 1. The summed E-state index contributed by atoms with van der Waals surface area (Å²) in [7, 11) is 0. The second-order valence-electron chi connectivity index (χ2n) is 6.40. The molecule has 2 aromatic rings. The average molecular weight is 446 g/mol. The van der Waals surface area contributed by atoms with Crippen LogP contribution in [0.5, 0.6) is 0 Å². The summed E-state index contributed by atoms with van der Waals surface area (Å²) in [5, 5.41) is 11.5. The summed E-state index contributed by atoms with van der Waals surface area (Å²) in [4.78, 5) is 29.1. The van der Waals surface area contributed by atoms with E-state index < -0.39 is 0 Å². The lowest BCUT2D eigenvalue weighted by atomic mass is 10.1. The van der Waals surface area contributed by atoms with Gasteiger partial charge < -0.3 is 4.90 Å². The molecule has 1 atom stereocenters. The number of thiophene rings is 1. The first-order valence-electron chi connectivity index (χ1n) is 8.82. The van der Waals surface area contributed by atoms with Crippen molar-refractivity contribution in [1.29, 1.82) is 5.26 Å². The Hall–Kier alpha value is -2.01. The van der Waals surface area contributed by atoms with Crippen LogP contribution in [0.4, 0.5) is 0 Å². The van der Waals surface area contributed by atoms with E-state index in [2.05, 4.69) is 26.9 Å². The zero-order valence-corrected chi connectivity index (χ0v) is 17.2. The van der Waals surface area contributed by atoms with E-state index in [1.807, 2.05) is 35.7 Å². The Balaban J connectivity index is 1.50. The topological polar surface area (TPSA) is 64.4 Å². The van der Waals surface area contributed by atoms with Crippen LogP contribution in [0, 0.1) is 11.3 Å². The molecule has 27 heavy (non-hydrogen) atoms. The summed E-state index contributed by atoms with van der Waals surface area (Å²) >= 11 is 4.82. The van der Waals surface area contributed by atoms with Gasteiger partial charge in [-0.15, -0.1) is 11.3 Å². The minimum absolute atomic E-state index is 0.0108. The predicted octanol–water partition coefficient (Wildman–Crippen LogP) is 3.88. The van der Waals surface area contributed by atoms with Gasteiger partial charge in [-0.1, -0.05) is 34.1 Å². The quantitative estimate of drug-likeness (QED) is 0.632. The second kappa shape index (κ2) is 9.27. The van der Waals surface area contributed by atoms with E-state index in [1.165, 1.54) is 11.3 Å². The van der Waals surface area contributed by atoms with Crippen LogP contribution < -0.4 is 0 Å². The molecular formula is C20H20BrN3O2S. The number of halogens is 1. The van der Waals surface area contributed by atoms with Crippen molar-refractivity contribution in [3.63, 3.8) is 0 Å². The molecular weight excluding hydrogens is 426 g/mol. The highest BCUT2D eigenvalue weighted by Crippen LogP contribution is 2.23. The first-order chi connectivity index (χ1) is 13.1. The fourth-order valence-electron chi connectivity index (χ4n) is 3.18. The van der Waals surface area contributed by atoms with E-state index in [4.69, 9.17) is 0 Å². The summed E-state index contributed by atoms with van der Waals surface area (Å²) in [6.45, 7) is 2.47. The van der Waals surface area contributed by atoms with E-state index in [0.717, 1.165) is 10.0 Å². The molecule has 1 saturated heterocycles. The molecule has 0 radical (unpaired) electrons. The van der Waals surface area contributed by atoms with Crippen molar-refractivity contribution in [3.8, 4) is 6.07 Å². The SMILES string of the molecule is N#C[C@@H](c1ccc(Br)cc1)N1CCN(C(=O)CCC(=O)c2cccs2)CC1. The molecule has 1 aliphatic heterocycles. The number of benzene rings is 1. The van der Waals surface area contributed by atoms with E-state index in [9.17, 15) is 14.9 Å². The van der Waals surface area contributed by atoms with Gasteiger partial charge in [-0.05, 0) is 29.1 Å². The summed E-state index contributed by atoms with van der Waals surface area (Å²) < 4.78 is 0.982. The van der Waals surface area contributed by atoms with E-state index in [-0.39, 0.29) is 30.6 Å². The van der Waals surface area contributed by atoms with Crippen molar-refractivity contribution in [1.82, 2.24) is 9.80 Å². The van der Waals surface area contributed by atoms with Gasteiger partial charge in [0.05, 0.1) is 10.9 Å². The van der Waals surface area contributed by atoms with Gasteiger partial charge in [0.25, 0.3) is 0 Å². The molecule has 3 rings (SSSR count). The van der Waals surface area contributed by atoms with Crippen molar-refractivity contribution < 1.29 is 9.59 Å². The van der Waals surface area contributed by atoms with Gasteiger partial charge in [0.15, 0.2) is 5.78 Å². The molecule has 1 fully saturated rings. The highest BCUT2D eigenvalue weighted by molar-refractivity contribution is 9.10. The Morgan fingerprint density at radius 2 is 1.81 bits per heavy atom. The summed E-state index contributed by atoms with van der Waals surface area (Å²) in [5.41, 5.74) is 0.960. The summed E-state index contributed by atoms with van der Waals surface area (Å²) in [6.07, 6.45) is 0.490. The standard InChI is InChI=1S/C20H20BrN3O2S/c21-16-5-3-15(4-6-16)17(14-22)23-9-11-24(12-10-23)20(26)8-7-18(25)19-2-1-13-27-19/h1-6,13,17H,7-12H2/t17-/m0/s1. The van der Waals surface area contributed by atoms with Crippen molar-refractivity contribution in [2.24, 2.45) is 0 Å². The van der Waals surface area contributed by atoms with Crippen LogP contribution in [-0.4, -0.2) is 47.7 Å². The third kappa shape index (κ3) is 5.04. The highest BCUT2D eigenvalue weighted by Gasteiger charge is 2.27. The predicted molar refractivity (Wildman–Crippen MR) is 109 cm³/mol. The fourth-order valence-corrected chi connectivity index (χ4v) is 4.14. The highest BCUT2D eigenvalue weighted by atomic mass is 79.9. The Morgan fingerprint density at radius 1 is 1.11 bits per heavy atom. The van der Waals surface area contributed by atoms with Crippen molar-refractivity contribution in [2.75, 3.05) is 26.2 Å². The Labute approximate surface area is 171 Å². The Morgan fingerprint density at radius 3 is 2.41 bits per heavy atom. The van der Waals surface area contributed by atoms with Crippen LogP contribution in [0.3, 0.4) is 0 Å². The van der Waals surface area contributed by atoms with Crippen molar-refractivity contribution in [3.05, 3.63) is 56.7 Å². The van der Waals surface area contributed by atoms with Crippen molar-refractivity contribution in [2.45, 2.75) is 18.9 Å². The van der Waals surface area contributed by atoms with Crippen molar-refractivity contribution >= 4 is 39.0 Å². The first kappa shape index (κ1) is 19.7. The molecule has 0 spiro atoms. The summed E-state index contributed by atoms with van der Waals surface area (Å²) in [5.74, 6) is 0.0356. The molecule has 140 valence electrons. The molecule has 1 aromatic heterocycles. The second-order valence-corrected chi connectivity index (χ2v) is 8.26. The van der Waals surface area contributed by atoms with Crippen LogP contribution in [0.1, 0.15) is 34.1 Å². The van der Waals surface area contributed by atoms with E-state index >= 15 is 0 Å². The minimum atomic E-state index is -0.309. The van der Waals surface area contributed by atoms with Crippen LogP contribution in [-0.2, 0) is 4.79 Å². The molecule has 0 unspecified atom stereocenters. The maximum absolute atomic E-state index is 12.4. The maximum atomic E-state index is 12.4. The number of carbonyl (C=O) groups excluding carboxylic acids is 2. The lowest BCUT2D eigenvalue weighted by Gasteiger charge is -2.37. The molecule has 0 aliphatic carbocycles. The van der Waals surface area contributed by atoms with Gasteiger partial charge in [0.2, 0.25) is 5.91 Å². The van der Waals surface area contributed by atoms with Crippen LogP contribution in [0.15, 0.2) is 46.3 Å². The number of carbonyl (C=O) groups is 2. The lowest BCUT2D eigenvalue weighted by molar-refractivity contribution is -0.133. The average Bonchev–Trinajstić information content (AvgIpc) is 3.23. The molecule has 2 heterocycles. The number of ketones is 1. The zero-order valence-electron chi connectivity index (χ0n) is 14.8. The molecule has 7 heteroatoms. The third-order valence-corrected chi connectivity index (χ3v) is 6.14. The first-order valence-corrected chi connectivity index (χ1v) is 10.5. The molecule has 1 aromatic carbocycles. The Kier molecular flexibility index (Phi) is 6.78. The number of hydrogen-bond donors (Lipinski definition) is 0.